The van der Waals surface area contributed by atoms with Crippen LogP contribution in [0.2, 0.25) is 0 Å². The Hall–Kier alpha value is -1.62. The zero-order chi connectivity index (χ0) is 16.6. The van der Waals surface area contributed by atoms with Gasteiger partial charge in [-0.3, -0.25) is 9.36 Å². The summed E-state index contributed by atoms with van der Waals surface area (Å²) in [4.78, 5) is 0. The number of rotatable bonds is 7. The number of aromatic nitrogens is 4. The van der Waals surface area contributed by atoms with Crippen LogP contribution in [0.3, 0.4) is 0 Å². The molecule has 0 bridgehead atoms. The van der Waals surface area contributed by atoms with Crippen LogP contribution in [0.25, 0.3) is 0 Å². The predicted octanol–water partition coefficient (Wildman–Crippen LogP) is 2.77. The van der Waals surface area contributed by atoms with Gasteiger partial charge in [0.15, 0.2) is 0 Å². The van der Waals surface area contributed by atoms with Crippen molar-refractivity contribution in [2.45, 2.75) is 66.6 Å². The molecule has 1 aliphatic rings. The molecule has 1 saturated carbocycles. The third kappa shape index (κ3) is 3.83. The molecular weight excluding hydrogens is 286 g/mol. The van der Waals surface area contributed by atoms with Crippen molar-refractivity contribution in [2.24, 2.45) is 5.41 Å². The third-order valence-electron chi connectivity index (χ3n) is 4.92. The molecule has 5 nitrogen and oxygen atoms in total. The molecule has 0 spiro atoms. The molecule has 2 aromatic rings. The van der Waals surface area contributed by atoms with Gasteiger partial charge in [-0.05, 0) is 59.6 Å². The molecule has 2 aromatic heterocycles. The first kappa shape index (κ1) is 16.2. The highest BCUT2D eigenvalue weighted by atomic mass is 15.3. The number of nitrogens with one attached hydrogen (secondary N) is 1. The average molecular weight is 315 g/mol. The average Bonchev–Trinajstić information content (AvgIpc) is 3.06. The van der Waals surface area contributed by atoms with Crippen LogP contribution in [0, 0.1) is 33.1 Å². The summed E-state index contributed by atoms with van der Waals surface area (Å²) in [6.45, 7) is 13.7. The fraction of sp³-hybridized carbons (Fsp3) is 0.667. The van der Waals surface area contributed by atoms with Crippen molar-refractivity contribution in [3.8, 4) is 0 Å². The van der Waals surface area contributed by atoms with Crippen LogP contribution in [0.1, 0.15) is 42.5 Å². The Morgan fingerprint density at radius 2 is 1.61 bits per heavy atom. The lowest BCUT2D eigenvalue weighted by Gasteiger charge is -2.21. The highest BCUT2D eigenvalue weighted by Gasteiger charge is 2.43. The van der Waals surface area contributed by atoms with Crippen molar-refractivity contribution in [1.82, 2.24) is 24.9 Å². The van der Waals surface area contributed by atoms with Crippen molar-refractivity contribution < 1.29 is 0 Å². The lowest BCUT2D eigenvalue weighted by atomic mass is 10.1. The molecule has 1 unspecified atom stereocenters. The number of hydrogen-bond donors (Lipinski definition) is 1. The predicted molar refractivity (Wildman–Crippen MR) is 92.5 cm³/mol. The Labute approximate surface area is 139 Å². The van der Waals surface area contributed by atoms with Gasteiger partial charge in [0, 0.05) is 35.9 Å². The van der Waals surface area contributed by atoms with Crippen molar-refractivity contribution >= 4 is 0 Å². The van der Waals surface area contributed by atoms with Gasteiger partial charge in [0.25, 0.3) is 0 Å². The van der Waals surface area contributed by atoms with Crippen molar-refractivity contribution in [3.05, 3.63) is 34.9 Å². The van der Waals surface area contributed by atoms with E-state index in [0.717, 1.165) is 31.0 Å². The summed E-state index contributed by atoms with van der Waals surface area (Å²) in [6.07, 6.45) is 2.59. The van der Waals surface area contributed by atoms with E-state index >= 15 is 0 Å². The van der Waals surface area contributed by atoms with Crippen LogP contribution in [0.5, 0.6) is 0 Å². The summed E-state index contributed by atoms with van der Waals surface area (Å²) >= 11 is 0. The fourth-order valence-electron chi connectivity index (χ4n) is 3.29. The van der Waals surface area contributed by atoms with Gasteiger partial charge in [0.2, 0.25) is 0 Å². The summed E-state index contributed by atoms with van der Waals surface area (Å²) in [5.74, 6) is 0. The molecule has 1 aliphatic carbocycles. The van der Waals surface area contributed by atoms with Gasteiger partial charge in [0.05, 0.1) is 17.9 Å². The molecule has 3 rings (SSSR count). The third-order valence-corrected chi connectivity index (χ3v) is 4.92. The number of hydrogen-bond acceptors (Lipinski definition) is 3. The highest BCUT2D eigenvalue weighted by molar-refractivity contribution is 5.09. The zero-order valence-corrected chi connectivity index (χ0v) is 15.1. The SMILES string of the molecule is Cc1cc(C)n(CC(C)NCC2(Cn3nc(C)cc3C)CC2)n1. The Morgan fingerprint density at radius 1 is 1.04 bits per heavy atom. The minimum absolute atomic E-state index is 0.395. The minimum Gasteiger partial charge on any atom is -0.312 e. The topological polar surface area (TPSA) is 47.7 Å². The largest absolute Gasteiger partial charge is 0.312 e. The summed E-state index contributed by atoms with van der Waals surface area (Å²) in [7, 11) is 0. The first-order chi connectivity index (χ1) is 10.9. The molecule has 1 fully saturated rings. The maximum absolute atomic E-state index is 4.62. The Balaban J connectivity index is 1.53. The zero-order valence-electron chi connectivity index (χ0n) is 15.1. The van der Waals surface area contributed by atoms with Gasteiger partial charge >= 0.3 is 0 Å². The van der Waals surface area contributed by atoms with E-state index in [4.69, 9.17) is 0 Å². The molecule has 1 N–H and O–H groups in total. The molecular formula is C18H29N5. The smallest absolute Gasteiger partial charge is 0.0596 e. The molecule has 0 aliphatic heterocycles. The fourth-order valence-corrected chi connectivity index (χ4v) is 3.29. The van der Waals surface area contributed by atoms with E-state index in [1.165, 1.54) is 24.2 Å². The van der Waals surface area contributed by atoms with Crippen LogP contribution in [-0.4, -0.2) is 32.1 Å². The van der Waals surface area contributed by atoms with Crippen LogP contribution in [0.15, 0.2) is 12.1 Å². The molecule has 23 heavy (non-hydrogen) atoms. The first-order valence-electron chi connectivity index (χ1n) is 8.62. The van der Waals surface area contributed by atoms with E-state index in [1.807, 2.05) is 0 Å². The number of nitrogens with zero attached hydrogens (tertiary/aromatic N) is 4. The summed E-state index contributed by atoms with van der Waals surface area (Å²) in [5, 5.41) is 12.9. The van der Waals surface area contributed by atoms with Crippen LogP contribution >= 0.6 is 0 Å². The molecule has 126 valence electrons. The molecule has 1 atom stereocenters. The molecule has 0 radical (unpaired) electrons. The van der Waals surface area contributed by atoms with Crippen LogP contribution in [0.4, 0.5) is 0 Å². The van der Waals surface area contributed by atoms with Gasteiger partial charge in [-0.1, -0.05) is 0 Å². The Kier molecular flexibility index (Phi) is 4.32. The van der Waals surface area contributed by atoms with Crippen LogP contribution in [-0.2, 0) is 13.1 Å². The van der Waals surface area contributed by atoms with Gasteiger partial charge in [0.1, 0.15) is 0 Å². The summed E-state index contributed by atoms with van der Waals surface area (Å²) in [5.41, 5.74) is 5.11. The monoisotopic (exact) mass is 315 g/mol. The second-order valence-corrected chi connectivity index (χ2v) is 7.48. The lowest BCUT2D eigenvalue weighted by Crippen LogP contribution is -2.37. The summed E-state index contributed by atoms with van der Waals surface area (Å²) < 4.78 is 4.28. The second-order valence-electron chi connectivity index (χ2n) is 7.48. The van der Waals surface area contributed by atoms with Gasteiger partial charge in [-0.15, -0.1) is 0 Å². The molecule has 5 heteroatoms. The quantitative estimate of drug-likeness (QED) is 0.854. The molecule has 0 aromatic carbocycles. The molecule has 0 saturated heterocycles. The second kappa shape index (κ2) is 6.11. The molecule has 0 amide bonds. The first-order valence-corrected chi connectivity index (χ1v) is 8.62. The standard InChI is InChI=1S/C18H29N5/c1-13-8-16(4)22(20-13)10-15(3)19-11-18(6-7-18)12-23-17(5)9-14(2)21-23/h8-9,15,19H,6-7,10-12H2,1-5H3. The van der Waals surface area contributed by atoms with E-state index in [9.17, 15) is 0 Å². The normalized spacial score (nSPS) is 17.4. The van der Waals surface area contributed by atoms with Gasteiger partial charge < -0.3 is 5.32 Å². The van der Waals surface area contributed by atoms with Crippen molar-refractivity contribution in [2.75, 3.05) is 6.54 Å². The molecule has 2 heterocycles. The Morgan fingerprint density at radius 3 is 2.09 bits per heavy atom. The van der Waals surface area contributed by atoms with E-state index in [2.05, 4.69) is 71.6 Å². The van der Waals surface area contributed by atoms with E-state index in [-0.39, 0.29) is 0 Å². The minimum atomic E-state index is 0.395. The van der Waals surface area contributed by atoms with E-state index < -0.39 is 0 Å². The Bertz CT molecular complexity index is 678. The van der Waals surface area contributed by atoms with Crippen molar-refractivity contribution in [1.29, 1.82) is 0 Å². The van der Waals surface area contributed by atoms with Crippen molar-refractivity contribution in [3.63, 3.8) is 0 Å². The van der Waals surface area contributed by atoms with Crippen LogP contribution < -0.4 is 5.32 Å². The maximum atomic E-state index is 4.62. The van der Waals surface area contributed by atoms with E-state index in [1.54, 1.807) is 0 Å². The summed E-state index contributed by atoms with van der Waals surface area (Å²) in [6, 6.07) is 4.72. The lowest BCUT2D eigenvalue weighted by molar-refractivity contribution is 0.336. The van der Waals surface area contributed by atoms with E-state index in [0.29, 0.717) is 11.5 Å². The van der Waals surface area contributed by atoms with Gasteiger partial charge in [-0.2, -0.15) is 10.2 Å². The highest BCUT2D eigenvalue weighted by Crippen LogP contribution is 2.46. The maximum Gasteiger partial charge on any atom is 0.0596 e. The number of aryl methyl sites for hydroxylation is 4. The van der Waals surface area contributed by atoms with Gasteiger partial charge in [-0.25, -0.2) is 0 Å².